The minimum absolute atomic E-state index is 0.325. The lowest BCUT2D eigenvalue weighted by Crippen LogP contribution is -2.01. The Morgan fingerprint density at radius 2 is 2.14 bits per heavy atom. The molecule has 0 aromatic carbocycles. The molecule has 0 N–H and O–H groups in total. The number of pyridine rings is 1. The third-order valence-electron chi connectivity index (χ3n) is 1.34. The van der Waals surface area contributed by atoms with Crippen molar-refractivity contribution >= 4 is 21.6 Å². The van der Waals surface area contributed by atoms with Gasteiger partial charge in [0.15, 0.2) is 5.69 Å². The standard InChI is InChI=1S/C6H2BrF3N2O2/c7-2-1-3(12(13)14)4(5(8)9)11-6(2)10/h1,5H. The van der Waals surface area contributed by atoms with Crippen molar-refractivity contribution < 1.29 is 18.1 Å². The van der Waals surface area contributed by atoms with Crippen molar-refractivity contribution in [3.05, 3.63) is 32.3 Å². The van der Waals surface area contributed by atoms with E-state index < -0.39 is 28.7 Å². The van der Waals surface area contributed by atoms with E-state index in [2.05, 4.69) is 20.9 Å². The van der Waals surface area contributed by atoms with E-state index in [4.69, 9.17) is 0 Å². The number of hydrogen-bond donors (Lipinski definition) is 0. The minimum atomic E-state index is -3.18. The van der Waals surface area contributed by atoms with E-state index in [1.54, 1.807) is 0 Å². The number of hydrogen-bond acceptors (Lipinski definition) is 3. The predicted octanol–water partition coefficient (Wildman–Crippen LogP) is 2.83. The lowest BCUT2D eigenvalue weighted by atomic mass is 10.3. The van der Waals surface area contributed by atoms with Crippen LogP contribution in [0.3, 0.4) is 0 Å². The molecule has 1 aromatic rings. The zero-order valence-corrected chi connectivity index (χ0v) is 7.96. The summed E-state index contributed by atoms with van der Waals surface area (Å²) in [5.74, 6) is -1.20. The molecule has 0 aliphatic carbocycles. The van der Waals surface area contributed by atoms with Gasteiger partial charge in [-0.1, -0.05) is 0 Å². The molecular weight excluding hydrogens is 269 g/mol. The van der Waals surface area contributed by atoms with Crippen molar-refractivity contribution in [3.63, 3.8) is 0 Å². The van der Waals surface area contributed by atoms with E-state index in [-0.39, 0.29) is 4.47 Å². The summed E-state index contributed by atoms with van der Waals surface area (Å²) in [6.07, 6.45) is -3.18. The molecule has 1 rings (SSSR count). The fourth-order valence-corrected chi connectivity index (χ4v) is 1.08. The average Bonchev–Trinajstić information content (AvgIpc) is 2.08. The summed E-state index contributed by atoms with van der Waals surface area (Å²) in [4.78, 5) is 12.0. The normalized spacial score (nSPS) is 10.6. The fourth-order valence-electron chi connectivity index (χ4n) is 0.777. The lowest BCUT2D eigenvalue weighted by Gasteiger charge is -2.01. The molecule has 4 nitrogen and oxygen atoms in total. The summed E-state index contributed by atoms with van der Waals surface area (Å²) in [6.45, 7) is 0. The topological polar surface area (TPSA) is 56.0 Å². The Hall–Kier alpha value is -1.18. The molecule has 0 saturated heterocycles. The van der Waals surface area contributed by atoms with Crippen molar-refractivity contribution in [2.75, 3.05) is 0 Å². The first-order valence-electron chi connectivity index (χ1n) is 3.22. The van der Waals surface area contributed by atoms with Crippen LogP contribution in [0.1, 0.15) is 12.1 Å². The molecule has 0 spiro atoms. The molecule has 0 atom stereocenters. The first-order valence-corrected chi connectivity index (χ1v) is 4.01. The van der Waals surface area contributed by atoms with Crippen molar-refractivity contribution in [1.29, 1.82) is 0 Å². The van der Waals surface area contributed by atoms with Gasteiger partial charge in [0.25, 0.3) is 12.1 Å². The van der Waals surface area contributed by atoms with Crippen LogP contribution in [0, 0.1) is 16.1 Å². The molecule has 1 heterocycles. The van der Waals surface area contributed by atoms with Gasteiger partial charge in [0.05, 0.1) is 9.40 Å². The Kier molecular flexibility index (Phi) is 3.04. The molecule has 0 fully saturated rings. The zero-order chi connectivity index (χ0) is 10.9. The van der Waals surface area contributed by atoms with Gasteiger partial charge in [-0.2, -0.15) is 4.39 Å². The molecule has 0 bridgehead atoms. The average molecular weight is 271 g/mol. The van der Waals surface area contributed by atoms with Crippen LogP contribution in [-0.4, -0.2) is 9.91 Å². The Morgan fingerprint density at radius 1 is 1.57 bits per heavy atom. The van der Waals surface area contributed by atoms with Crippen molar-refractivity contribution in [1.82, 2.24) is 4.98 Å². The molecule has 0 radical (unpaired) electrons. The van der Waals surface area contributed by atoms with Crippen molar-refractivity contribution in [3.8, 4) is 0 Å². The van der Waals surface area contributed by atoms with Crippen LogP contribution in [0.25, 0.3) is 0 Å². The van der Waals surface area contributed by atoms with Crippen LogP contribution in [0.4, 0.5) is 18.9 Å². The van der Waals surface area contributed by atoms with Gasteiger partial charge in [0.2, 0.25) is 5.95 Å². The highest BCUT2D eigenvalue weighted by Gasteiger charge is 2.25. The molecular formula is C6H2BrF3N2O2. The number of rotatable bonds is 2. The molecule has 14 heavy (non-hydrogen) atoms. The molecule has 0 saturated carbocycles. The van der Waals surface area contributed by atoms with Gasteiger partial charge >= 0.3 is 0 Å². The van der Waals surface area contributed by atoms with Gasteiger partial charge in [-0.15, -0.1) is 0 Å². The van der Waals surface area contributed by atoms with E-state index in [1.807, 2.05) is 0 Å². The van der Waals surface area contributed by atoms with Gasteiger partial charge in [-0.25, -0.2) is 13.8 Å². The van der Waals surface area contributed by atoms with Crippen LogP contribution in [0.5, 0.6) is 0 Å². The molecule has 8 heteroatoms. The maximum Gasteiger partial charge on any atom is 0.298 e. The molecule has 1 aromatic heterocycles. The highest BCUT2D eigenvalue weighted by Crippen LogP contribution is 2.30. The second kappa shape index (κ2) is 3.91. The Bertz CT molecular complexity index is 386. The third-order valence-corrected chi connectivity index (χ3v) is 1.90. The largest absolute Gasteiger partial charge is 0.298 e. The number of nitrogens with zero attached hydrogens (tertiary/aromatic N) is 2. The molecule has 0 amide bonds. The van der Waals surface area contributed by atoms with E-state index in [0.29, 0.717) is 6.07 Å². The molecule has 0 aliphatic heterocycles. The zero-order valence-electron chi connectivity index (χ0n) is 6.38. The number of aromatic nitrogens is 1. The summed E-state index contributed by atoms with van der Waals surface area (Å²) in [5.41, 5.74) is -2.08. The highest BCUT2D eigenvalue weighted by atomic mass is 79.9. The maximum absolute atomic E-state index is 12.7. The van der Waals surface area contributed by atoms with Gasteiger partial charge in [0.1, 0.15) is 0 Å². The Morgan fingerprint density at radius 3 is 2.57 bits per heavy atom. The fraction of sp³-hybridized carbons (Fsp3) is 0.167. The van der Waals surface area contributed by atoms with Gasteiger partial charge in [-0.3, -0.25) is 10.1 Å². The first-order chi connectivity index (χ1) is 6.43. The first kappa shape index (κ1) is 10.9. The van der Waals surface area contributed by atoms with Crippen LogP contribution in [0.2, 0.25) is 0 Å². The Labute approximate surface area is 84.0 Å². The number of nitro groups is 1. The highest BCUT2D eigenvalue weighted by molar-refractivity contribution is 9.10. The van der Waals surface area contributed by atoms with Crippen molar-refractivity contribution in [2.45, 2.75) is 6.43 Å². The van der Waals surface area contributed by atoms with Gasteiger partial charge in [0, 0.05) is 6.07 Å². The van der Waals surface area contributed by atoms with Crippen LogP contribution < -0.4 is 0 Å². The molecule has 76 valence electrons. The molecule has 0 aliphatic rings. The van der Waals surface area contributed by atoms with E-state index in [0.717, 1.165) is 0 Å². The van der Waals surface area contributed by atoms with Gasteiger partial charge < -0.3 is 0 Å². The predicted molar refractivity (Wildman–Crippen MR) is 43.5 cm³/mol. The van der Waals surface area contributed by atoms with Crippen molar-refractivity contribution in [2.24, 2.45) is 0 Å². The third kappa shape index (κ3) is 2.00. The molecule has 0 unspecified atom stereocenters. The SMILES string of the molecule is O=[N+]([O-])c1cc(Br)c(F)nc1C(F)F. The van der Waals surface area contributed by atoms with E-state index in [9.17, 15) is 23.3 Å². The van der Waals surface area contributed by atoms with Crippen LogP contribution >= 0.6 is 15.9 Å². The summed E-state index contributed by atoms with van der Waals surface area (Å²) in [6, 6.07) is 0.657. The number of alkyl halides is 2. The van der Waals surface area contributed by atoms with Crippen LogP contribution in [0.15, 0.2) is 10.5 Å². The quantitative estimate of drug-likeness (QED) is 0.472. The Balaban J connectivity index is 3.39. The second-order valence-corrected chi connectivity index (χ2v) is 3.08. The summed E-state index contributed by atoms with van der Waals surface area (Å²) < 4.78 is 36.6. The minimum Gasteiger partial charge on any atom is -0.258 e. The van der Waals surface area contributed by atoms with E-state index >= 15 is 0 Å². The lowest BCUT2D eigenvalue weighted by molar-refractivity contribution is -0.386. The summed E-state index contributed by atoms with van der Waals surface area (Å²) in [7, 11) is 0. The smallest absolute Gasteiger partial charge is 0.258 e. The van der Waals surface area contributed by atoms with Crippen LogP contribution in [-0.2, 0) is 0 Å². The van der Waals surface area contributed by atoms with E-state index in [1.165, 1.54) is 0 Å². The monoisotopic (exact) mass is 270 g/mol. The summed E-state index contributed by atoms with van der Waals surface area (Å²) in [5, 5.41) is 10.3. The van der Waals surface area contributed by atoms with Gasteiger partial charge in [-0.05, 0) is 15.9 Å². The second-order valence-electron chi connectivity index (χ2n) is 2.22. The maximum atomic E-state index is 12.7. The number of halogens is 4. The summed E-state index contributed by atoms with van der Waals surface area (Å²) >= 11 is 2.61.